The van der Waals surface area contributed by atoms with Crippen molar-refractivity contribution in [2.45, 2.75) is 19.4 Å². The van der Waals surface area contributed by atoms with E-state index in [4.69, 9.17) is 9.84 Å². The topological polar surface area (TPSA) is 70.0 Å². The van der Waals surface area contributed by atoms with Crippen molar-refractivity contribution in [1.29, 1.82) is 0 Å². The third-order valence-corrected chi connectivity index (χ3v) is 3.91. The second-order valence-corrected chi connectivity index (χ2v) is 5.23. The van der Waals surface area contributed by atoms with Crippen molar-refractivity contribution in [3.05, 3.63) is 29.3 Å². The number of methoxy groups -OCH3 is 1. The van der Waals surface area contributed by atoms with E-state index in [1.807, 2.05) is 13.0 Å². The summed E-state index contributed by atoms with van der Waals surface area (Å²) in [6, 6.07) is 5.34. The van der Waals surface area contributed by atoms with Crippen LogP contribution in [0.2, 0.25) is 0 Å². The van der Waals surface area contributed by atoms with Crippen LogP contribution in [0.3, 0.4) is 0 Å². The van der Waals surface area contributed by atoms with Gasteiger partial charge in [-0.05, 0) is 37.1 Å². The van der Waals surface area contributed by atoms with Gasteiger partial charge in [0.25, 0.3) is 5.91 Å². The van der Waals surface area contributed by atoms with E-state index >= 15 is 0 Å². The largest absolute Gasteiger partial charge is 0.497 e. The van der Waals surface area contributed by atoms with E-state index in [0.717, 1.165) is 11.3 Å². The molecule has 0 unspecified atom stereocenters. The van der Waals surface area contributed by atoms with Gasteiger partial charge in [0.05, 0.1) is 13.2 Å². The number of rotatable bonds is 3. The van der Waals surface area contributed by atoms with Crippen molar-refractivity contribution in [3.8, 4) is 5.75 Å². The summed E-state index contributed by atoms with van der Waals surface area (Å²) < 4.78 is 5.13. The Hall–Kier alpha value is -1.59. The lowest BCUT2D eigenvalue weighted by Gasteiger charge is -2.35. The van der Waals surface area contributed by atoms with Crippen molar-refractivity contribution < 1.29 is 19.7 Å². The molecule has 2 atom stereocenters. The molecule has 1 aromatic carbocycles. The molecule has 2 N–H and O–H groups in total. The van der Waals surface area contributed by atoms with Crippen LogP contribution in [-0.2, 0) is 0 Å². The van der Waals surface area contributed by atoms with Crippen LogP contribution < -0.4 is 4.74 Å². The van der Waals surface area contributed by atoms with E-state index in [9.17, 15) is 9.90 Å². The maximum Gasteiger partial charge on any atom is 0.254 e. The van der Waals surface area contributed by atoms with Crippen LogP contribution in [0.4, 0.5) is 0 Å². The fourth-order valence-electron chi connectivity index (χ4n) is 2.55. The number of benzene rings is 1. The predicted molar refractivity (Wildman–Crippen MR) is 74.8 cm³/mol. The van der Waals surface area contributed by atoms with E-state index in [0.29, 0.717) is 18.5 Å². The first-order chi connectivity index (χ1) is 9.56. The maximum absolute atomic E-state index is 12.5. The van der Waals surface area contributed by atoms with E-state index in [1.165, 1.54) is 0 Å². The molecule has 2 rings (SSSR count). The summed E-state index contributed by atoms with van der Waals surface area (Å²) in [6.45, 7) is 2.67. The number of aliphatic hydroxyl groups is 2. The van der Waals surface area contributed by atoms with Crippen LogP contribution >= 0.6 is 0 Å². The lowest BCUT2D eigenvalue weighted by Crippen LogP contribution is -2.47. The number of amides is 1. The summed E-state index contributed by atoms with van der Waals surface area (Å²) in [5.41, 5.74) is 1.48. The van der Waals surface area contributed by atoms with Crippen LogP contribution in [0, 0.1) is 12.8 Å². The zero-order chi connectivity index (χ0) is 14.7. The molecule has 5 nitrogen and oxygen atoms in total. The Morgan fingerprint density at radius 2 is 2.25 bits per heavy atom. The number of aryl methyl sites for hydroxylation is 1. The number of piperidine rings is 1. The van der Waals surface area contributed by atoms with Gasteiger partial charge < -0.3 is 19.8 Å². The fraction of sp³-hybridized carbons (Fsp3) is 0.533. The molecule has 5 heteroatoms. The quantitative estimate of drug-likeness (QED) is 0.859. The molecule has 1 heterocycles. The second-order valence-electron chi connectivity index (χ2n) is 5.23. The highest BCUT2D eigenvalue weighted by Gasteiger charge is 2.30. The zero-order valence-electron chi connectivity index (χ0n) is 11.9. The van der Waals surface area contributed by atoms with Crippen molar-refractivity contribution >= 4 is 5.91 Å². The van der Waals surface area contributed by atoms with Crippen molar-refractivity contribution in [2.24, 2.45) is 5.92 Å². The average molecular weight is 279 g/mol. The maximum atomic E-state index is 12.5. The molecule has 110 valence electrons. The van der Waals surface area contributed by atoms with Crippen LogP contribution in [0.1, 0.15) is 22.3 Å². The lowest BCUT2D eigenvalue weighted by atomic mass is 9.94. The molecule has 1 saturated heterocycles. The first-order valence-corrected chi connectivity index (χ1v) is 6.79. The summed E-state index contributed by atoms with van der Waals surface area (Å²) in [5.74, 6) is 0.509. The van der Waals surface area contributed by atoms with Crippen LogP contribution in [0.25, 0.3) is 0 Å². The Balaban J connectivity index is 2.12. The second kappa shape index (κ2) is 6.24. The number of carbonyl (C=O) groups is 1. The molecule has 1 fully saturated rings. The number of hydrogen-bond acceptors (Lipinski definition) is 4. The predicted octanol–water partition coefficient (Wildman–Crippen LogP) is 0.819. The molecule has 0 aromatic heterocycles. The molecular formula is C15H21NO4. The summed E-state index contributed by atoms with van der Waals surface area (Å²) >= 11 is 0. The van der Waals surface area contributed by atoms with Gasteiger partial charge >= 0.3 is 0 Å². The van der Waals surface area contributed by atoms with E-state index in [1.54, 1.807) is 24.1 Å². The molecule has 20 heavy (non-hydrogen) atoms. The standard InChI is InChI=1S/C15H21NO4/c1-10-7-12(20-2)3-4-13(10)15(19)16-6-5-11(9-17)14(18)8-16/h3-4,7,11,14,17-18H,5-6,8-9H2,1-2H3/t11-,14-/m1/s1. The molecule has 0 aliphatic carbocycles. The van der Waals surface area contributed by atoms with E-state index in [2.05, 4.69) is 0 Å². The smallest absolute Gasteiger partial charge is 0.254 e. The highest BCUT2D eigenvalue weighted by Crippen LogP contribution is 2.22. The van der Waals surface area contributed by atoms with Gasteiger partial charge in [0, 0.05) is 31.2 Å². The van der Waals surface area contributed by atoms with Gasteiger partial charge in [0.1, 0.15) is 5.75 Å². The van der Waals surface area contributed by atoms with Crippen LogP contribution in [0.15, 0.2) is 18.2 Å². The zero-order valence-corrected chi connectivity index (χ0v) is 11.9. The van der Waals surface area contributed by atoms with Crippen molar-refractivity contribution in [2.75, 3.05) is 26.8 Å². The Morgan fingerprint density at radius 1 is 1.50 bits per heavy atom. The SMILES string of the molecule is COc1ccc(C(=O)N2CC[C@H](CO)[C@H](O)C2)c(C)c1. The molecule has 0 bridgehead atoms. The molecule has 1 amide bonds. The minimum atomic E-state index is -0.656. The van der Waals surface area contributed by atoms with Crippen LogP contribution in [-0.4, -0.2) is 53.9 Å². The Labute approximate surface area is 118 Å². The number of β-amino-alcohol motifs (C(OH)–C–C–N with tert-alkyl or cyclic N) is 1. The summed E-state index contributed by atoms with van der Waals surface area (Å²) in [4.78, 5) is 14.1. The molecular weight excluding hydrogens is 258 g/mol. The summed E-state index contributed by atoms with van der Waals surface area (Å²) in [7, 11) is 1.59. The highest BCUT2D eigenvalue weighted by molar-refractivity contribution is 5.95. The number of nitrogens with zero attached hydrogens (tertiary/aromatic N) is 1. The first kappa shape index (κ1) is 14.8. The minimum absolute atomic E-state index is 0.0369. The Bertz CT molecular complexity index is 489. The summed E-state index contributed by atoms with van der Waals surface area (Å²) in [5, 5.41) is 19.0. The normalized spacial score (nSPS) is 22.7. The number of likely N-dealkylation sites (tertiary alicyclic amines) is 1. The third kappa shape index (κ3) is 2.94. The average Bonchev–Trinajstić information content (AvgIpc) is 2.46. The molecule has 1 aromatic rings. The Kier molecular flexibility index (Phi) is 4.62. The van der Waals surface area contributed by atoms with Gasteiger partial charge in [-0.1, -0.05) is 0 Å². The molecule has 0 spiro atoms. The van der Waals surface area contributed by atoms with Gasteiger partial charge in [-0.3, -0.25) is 4.79 Å². The Morgan fingerprint density at radius 3 is 2.80 bits per heavy atom. The minimum Gasteiger partial charge on any atom is -0.497 e. The third-order valence-electron chi connectivity index (χ3n) is 3.91. The molecule has 0 radical (unpaired) electrons. The lowest BCUT2D eigenvalue weighted by molar-refractivity contribution is 0.000843. The fourth-order valence-corrected chi connectivity index (χ4v) is 2.55. The van der Waals surface area contributed by atoms with Gasteiger partial charge in [-0.2, -0.15) is 0 Å². The molecule has 0 saturated carbocycles. The van der Waals surface area contributed by atoms with E-state index in [-0.39, 0.29) is 25.0 Å². The van der Waals surface area contributed by atoms with E-state index < -0.39 is 6.10 Å². The van der Waals surface area contributed by atoms with Crippen LogP contribution in [0.5, 0.6) is 5.75 Å². The molecule has 1 aliphatic rings. The number of carbonyl (C=O) groups excluding carboxylic acids is 1. The first-order valence-electron chi connectivity index (χ1n) is 6.79. The summed E-state index contributed by atoms with van der Waals surface area (Å²) in [6.07, 6.45) is -0.0326. The monoisotopic (exact) mass is 279 g/mol. The van der Waals surface area contributed by atoms with Gasteiger partial charge in [0.2, 0.25) is 0 Å². The number of hydrogen-bond donors (Lipinski definition) is 2. The van der Waals surface area contributed by atoms with Gasteiger partial charge in [0.15, 0.2) is 0 Å². The van der Waals surface area contributed by atoms with Gasteiger partial charge in [-0.25, -0.2) is 0 Å². The number of ether oxygens (including phenoxy) is 1. The van der Waals surface area contributed by atoms with Crippen molar-refractivity contribution in [3.63, 3.8) is 0 Å². The highest BCUT2D eigenvalue weighted by atomic mass is 16.5. The molecule has 1 aliphatic heterocycles. The number of aliphatic hydroxyl groups excluding tert-OH is 2. The van der Waals surface area contributed by atoms with Gasteiger partial charge in [-0.15, -0.1) is 0 Å². The van der Waals surface area contributed by atoms with Crippen molar-refractivity contribution in [1.82, 2.24) is 4.90 Å².